The Hall–Kier alpha value is -3.21. The van der Waals surface area contributed by atoms with Crippen LogP contribution in [0.25, 0.3) is 11.2 Å². The molecule has 30 heavy (non-hydrogen) atoms. The number of hydrogen-bond donors (Lipinski definition) is 3. The zero-order chi connectivity index (χ0) is 21.6. The number of aromatic nitrogens is 3. The third-order valence-corrected chi connectivity index (χ3v) is 5.98. The van der Waals surface area contributed by atoms with Crippen molar-refractivity contribution in [2.24, 2.45) is 7.05 Å². The lowest BCUT2D eigenvalue weighted by atomic mass is 9.88. The molecule has 0 aliphatic carbocycles. The number of amides is 2. The topological polar surface area (TPSA) is 147 Å². The second-order valence-electron chi connectivity index (χ2n) is 8.00. The van der Waals surface area contributed by atoms with Crippen LogP contribution in [0.1, 0.15) is 38.1 Å². The van der Waals surface area contributed by atoms with E-state index in [1.165, 1.54) is 9.13 Å². The van der Waals surface area contributed by atoms with E-state index in [2.05, 4.69) is 10.3 Å². The maximum Gasteiger partial charge on any atom is 0.330 e. The van der Waals surface area contributed by atoms with Crippen LogP contribution in [0.15, 0.2) is 17.1 Å². The van der Waals surface area contributed by atoms with Gasteiger partial charge in [-0.3, -0.25) is 28.8 Å². The number of aryl methyl sites for hydroxylation is 1. The lowest BCUT2D eigenvalue weighted by Crippen LogP contribution is -2.45. The van der Waals surface area contributed by atoms with E-state index in [1.54, 1.807) is 19.3 Å². The largest absolute Gasteiger partial charge is 0.481 e. The van der Waals surface area contributed by atoms with Crippen molar-refractivity contribution in [3.05, 3.63) is 22.7 Å². The molecule has 4 rings (SSSR count). The van der Waals surface area contributed by atoms with Crippen LogP contribution in [0.5, 0.6) is 0 Å². The summed E-state index contributed by atoms with van der Waals surface area (Å²) in [6.45, 7) is 0.914. The number of rotatable bonds is 4. The average Bonchev–Trinajstić information content (AvgIpc) is 2.92. The molecular weight excluding hydrogens is 394 g/mol. The Morgan fingerprint density at radius 3 is 2.63 bits per heavy atom. The molecule has 1 atom stereocenters. The highest BCUT2D eigenvalue weighted by Crippen LogP contribution is 2.30. The van der Waals surface area contributed by atoms with E-state index in [0.29, 0.717) is 37.1 Å². The molecular formula is C19H23N5O6. The van der Waals surface area contributed by atoms with Gasteiger partial charge in [0, 0.05) is 26.6 Å². The summed E-state index contributed by atoms with van der Waals surface area (Å²) in [5.74, 6) is -1.90. The van der Waals surface area contributed by atoms with Crippen LogP contribution in [-0.4, -0.2) is 60.8 Å². The van der Waals surface area contributed by atoms with Crippen LogP contribution in [0.3, 0.4) is 0 Å². The molecule has 0 aromatic carbocycles. The molecule has 0 spiro atoms. The van der Waals surface area contributed by atoms with Crippen molar-refractivity contribution in [1.82, 2.24) is 19.4 Å². The quantitative estimate of drug-likeness (QED) is 0.565. The standard InChI is InChI=1S/C19H23N5O6/c1-22-13-8-11(23-6-4-19(30,5-7-23)9-15(26)27)10-20-16(13)24(18(22)29)12-2-3-14(25)21-17(12)28/h8,10,12,30H,2-7,9H2,1H3,(H,26,27)(H,21,25,28). The minimum Gasteiger partial charge on any atom is -0.481 e. The fourth-order valence-electron chi connectivity index (χ4n) is 4.24. The number of nitrogens with one attached hydrogen (secondary N) is 1. The molecule has 2 amide bonds. The van der Waals surface area contributed by atoms with Crippen molar-refractivity contribution < 1.29 is 24.6 Å². The summed E-state index contributed by atoms with van der Waals surface area (Å²) in [5.41, 5.74) is 0.0465. The highest BCUT2D eigenvalue weighted by molar-refractivity contribution is 6.00. The molecule has 11 heteroatoms. The van der Waals surface area contributed by atoms with Crippen LogP contribution < -0.4 is 15.9 Å². The van der Waals surface area contributed by atoms with Crippen LogP contribution in [0.2, 0.25) is 0 Å². The van der Waals surface area contributed by atoms with E-state index in [0.717, 1.165) is 5.69 Å². The zero-order valence-corrected chi connectivity index (χ0v) is 16.5. The van der Waals surface area contributed by atoms with Gasteiger partial charge in [-0.25, -0.2) is 9.78 Å². The number of imide groups is 1. The number of imidazole rings is 1. The number of aliphatic carboxylic acids is 1. The molecule has 2 saturated heterocycles. The first-order valence-corrected chi connectivity index (χ1v) is 9.78. The second kappa shape index (κ2) is 7.24. The fraction of sp³-hybridized carbons (Fsp3) is 0.526. The Labute approximate surface area is 170 Å². The Balaban J connectivity index is 1.63. The third-order valence-electron chi connectivity index (χ3n) is 5.98. The molecule has 0 bridgehead atoms. The van der Waals surface area contributed by atoms with Crippen LogP contribution in [-0.2, 0) is 21.4 Å². The van der Waals surface area contributed by atoms with Crippen molar-refractivity contribution in [3.63, 3.8) is 0 Å². The highest BCUT2D eigenvalue weighted by atomic mass is 16.4. The summed E-state index contributed by atoms with van der Waals surface area (Å²) in [5, 5.41) is 21.6. The number of fused-ring (bicyclic) bond motifs is 1. The van der Waals surface area contributed by atoms with Crippen LogP contribution >= 0.6 is 0 Å². The first-order valence-electron chi connectivity index (χ1n) is 9.78. The summed E-state index contributed by atoms with van der Waals surface area (Å²) in [4.78, 5) is 53.9. The van der Waals surface area contributed by atoms with Crippen molar-refractivity contribution in [2.75, 3.05) is 18.0 Å². The molecule has 2 aromatic rings. The lowest BCUT2D eigenvalue weighted by Gasteiger charge is -2.38. The van der Waals surface area contributed by atoms with Gasteiger partial charge in [-0.05, 0) is 25.3 Å². The average molecular weight is 417 g/mol. The molecule has 160 valence electrons. The maximum absolute atomic E-state index is 12.8. The second-order valence-corrected chi connectivity index (χ2v) is 8.00. The van der Waals surface area contributed by atoms with Gasteiger partial charge in [0.15, 0.2) is 5.65 Å². The van der Waals surface area contributed by atoms with Gasteiger partial charge in [-0.2, -0.15) is 0 Å². The van der Waals surface area contributed by atoms with Gasteiger partial charge in [0.2, 0.25) is 11.8 Å². The molecule has 0 radical (unpaired) electrons. The van der Waals surface area contributed by atoms with E-state index >= 15 is 0 Å². The molecule has 0 saturated carbocycles. The van der Waals surface area contributed by atoms with Crippen molar-refractivity contribution in [3.8, 4) is 0 Å². The fourth-order valence-corrected chi connectivity index (χ4v) is 4.24. The number of nitrogens with zero attached hydrogens (tertiary/aromatic N) is 4. The van der Waals surface area contributed by atoms with Crippen molar-refractivity contribution in [1.29, 1.82) is 0 Å². The molecule has 1 unspecified atom stereocenters. The summed E-state index contributed by atoms with van der Waals surface area (Å²) in [6.07, 6.45) is 2.33. The minimum atomic E-state index is -1.22. The number of pyridine rings is 1. The van der Waals surface area contributed by atoms with Gasteiger partial charge in [0.1, 0.15) is 6.04 Å². The Morgan fingerprint density at radius 2 is 2.00 bits per heavy atom. The van der Waals surface area contributed by atoms with Gasteiger partial charge in [-0.1, -0.05) is 0 Å². The van der Waals surface area contributed by atoms with Crippen LogP contribution in [0, 0.1) is 0 Å². The number of carbonyl (C=O) groups excluding carboxylic acids is 2. The predicted octanol–water partition coefficient (Wildman–Crippen LogP) is -0.481. The van der Waals surface area contributed by atoms with Gasteiger partial charge in [-0.15, -0.1) is 0 Å². The van der Waals surface area contributed by atoms with Crippen molar-refractivity contribution in [2.45, 2.75) is 43.7 Å². The predicted molar refractivity (Wildman–Crippen MR) is 105 cm³/mol. The lowest BCUT2D eigenvalue weighted by molar-refractivity contribution is -0.143. The smallest absolute Gasteiger partial charge is 0.330 e. The first kappa shape index (κ1) is 20.1. The minimum absolute atomic E-state index is 0.157. The molecule has 2 aliphatic heterocycles. The van der Waals surface area contributed by atoms with Crippen molar-refractivity contribution >= 4 is 34.6 Å². The van der Waals surface area contributed by atoms with Gasteiger partial charge >= 0.3 is 11.7 Å². The number of piperidine rings is 2. The highest BCUT2D eigenvalue weighted by Gasteiger charge is 2.35. The first-order chi connectivity index (χ1) is 14.2. The summed E-state index contributed by atoms with van der Waals surface area (Å²) >= 11 is 0. The van der Waals surface area contributed by atoms with E-state index in [9.17, 15) is 24.3 Å². The molecule has 3 N–H and O–H groups in total. The van der Waals surface area contributed by atoms with Gasteiger partial charge in [0.05, 0.1) is 29.4 Å². The van der Waals surface area contributed by atoms with E-state index in [1.807, 2.05) is 4.90 Å². The van der Waals surface area contributed by atoms with Gasteiger partial charge < -0.3 is 15.1 Å². The number of carboxylic acid groups (broad SMARTS) is 1. The third kappa shape index (κ3) is 3.45. The molecule has 2 aliphatic rings. The summed E-state index contributed by atoms with van der Waals surface area (Å²) in [6, 6.07) is 1.01. The van der Waals surface area contributed by atoms with Gasteiger partial charge in [0.25, 0.3) is 0 Å². The van der Waals surface area contributed by atoms with E-state index < -0.39 is 29.2 Å². The molecule has 2 aromatic heterocycles. The SMILES string of the molecule is Cn1c(=O)n(C2CCC(=O)NC2=O)c2ncc(N3CCC(O)(CC(=O)O)CC3)cc21. The van der Waals surface area contributed by atoms with E-state index in [-0.39, 0.29) is 25.2 Å². The van der Waals surface area contributed by atoms with Crippen LogP contribution in [0.4, 0.5) is 5.69 Å². The summed E-state index contributed by atoms with van der Waals surface area (Å²) < 4.78 is 2.74. The Bertz CT molecular complexity index is 1090. The Kier molecular flexibility index (Phi) is 4.85. The number of carbonyl (C=O) groups is 3. The number of carboxylic acids is 1. The number of anilines is 1. The number of hydrogen-bond acceptors (Lipinski definition) is 7. The summed E-state index contributed by atoms with van der Waals surface area (Å²) in [7, 11) is 1.60. The molecule has 4 heterocycles. The molecule has 11 nitrogen and oxygen atoms in total. The molecule has 2 fully saturated rings. The normalized spacial score (nSPS) is 21.7. The van der Waals surface area contributed by atoms with E-state index in [4.69, 9.17) is 5.11 Å². The number of aliphatic hydroxyl groups is 1. The Morgan fingerprint density at radius 1 is 1.30 bits per heavy atom. The maximum atomic E-state index is 12.8. The monoisotopic (exact) mass is 417 g/mol. The zero-order valence-electron chi connectivity index (χ0n) is 16.5.